The van der Waals surface area contributed by atoms with Gasteiger partial charge in [-0.05, 0) is 37.8 Å². The van der Waals surface area contributed by atoms with Crippen LogP contribution >= 0.6 is 0 Å². The summed E-state index contributed by atoms with van der Waals surface area (Å²) in [6.07, 6.45) is 9.04. The van der Waals surface area contributed by atoms with E-state index in [1.54, 1.807) is 18.3 Å². The molecule has 1 fully saturated rings. The van der Waals surface area contributed by atoms with E-state index in [1.807, 2.05) is 13.0 Å². The van der Waals surface area contributed by atoms with Crippen molar-refractivity contribution < 1.29 is 4.79 Å². The highest BCUT2D eigenvalue weighted by molar-refractivity contribution is 5.93. The maximum atomic E-state index is 12.4. The lowest BCUT2D eigenvalue weighted by molar-refractivity contribution is 0.0917. The lowest BCUT2D eigenvalue weighted by Crippen LogP contribution is -2.41. The van der Waals surface area contributed by atoms with Crippen LogP contribution in [-0.4, -0.2) is 21.3 Å². The van der Waals surface area contributed by atoms with Gasteiger partial charge in [0.1, 0.15) is 11.2 Å². The minimum Gasteiger partial charge on any atom is -0.349 e. The van der Waals surface area contributed by atoms with Gasteiger partial charge in [-0.25, -0.2) is 4.98 Å². The first-order valence-electron chi connectivity index (χ1n) is 7.94. The zero-order valence-electron chi connectivity index (χ0n) is 12.8. The van der Waals surface area contributed by atoms with Crippen molar-refractivity contribution in [2.45, 2.75) is 45.1 Å². The molecule has 1 saturated carbocycles. The molecule has 5 nitrogen and oxygen atoms in total. The van der Waals surface area contributed by atoms with Gasteiger partial charge in [-0.1, -0.05) is 25.3 Å². The predicted octanol–water partition coefficient (Wildman–Crippen LogP) is 2.39. The Morgan fingerprint density at radius 3 is 2.86 bits per heavy atom. The van der Waals surface area contributed by atoms with E-state index in [4.69, 9.17) is 0 Å². The van der Waals surface area contributed by atoms with E-state index in [0.29, 0.717) is 11.6 Å². The van der Waals surface area contributed by atoms with Crippen LogP contribution in [0.5, 0.6) is 0 Å². The fourth-order valence-corrected chi connectivity index (χ4v) is 3.22. The summed E-state index contributed by atoms with van der Waals surface area (Å²) in [6, 6.07) is 5.40. The van der Waals surface area contributed by atoms with Gasteiger partial charge in [0.05, 0.1) is 0 Å². The molecule has 22 heavy (non-hydrogen) atoms. The molecule has 1 atom stereocenters. The Morgan fingerprint density at radius 1 is 1.32 bits per heavy atom. The Balaban J connectivity index is 1.80. The van der Waals surface area contributed by atoms with E-state index in [9.17, 15) is 9.59 Å². The quantitative estimate of drug-likeness (QED) is 0.946. The first kappa shape index (κ1) is 14.8. The van der Waals surface area contributed by atoms with Crippen molar-refractivity contribution in [2.24, 2.45) is 5.92 Å². The second-order valence-corrected chi connectivity index (χ2v) is 6.07. The first-order chi connectivity index (χ1) is 10.7. The van der Waals surface area contributed by atoms with Gasteiger partial charge in [-0.2, -0.15) is 0 Å². The molecule has 0 spiro atoms. The molecule has 0 saturated heterocycles. The fraction of sp³-hybridized carbons (Fsp3) is 0.471. The van der Waals surface area contributed by atoms with Gasteiger partial charge in [-0.15, -0.1) is 0 Å². The molecule has 5 heteroatoms. The van der Waals surface area contributed by atoms with Crippen LogP contribution in [0, 0.1) is 5.92 Å². The van der Waals surface area contributed by atoms with Crippen LogP contribution in [0.4, 0.5) is 0 Å². The van der Waals surface area contributed by atoms with Gasteiger partial charge in [0.25, 0.3) is 11.5 Å². The average molecular weight is 299 g/mol. The van der Waals surface area contributed by atoms with Crippen LogP contribution in [0.3, 0.4) is 0 Å². The Kier molecular flexibility index (Phi) is 4.22. The van der Waals surface area contributed by atoms with Crippen molar-refractivity contribution in [1.29, 1.82) is 0 Å². The van der Waals surface area contributed by atoms with Crippen LogP contribution in [0.25, 0.3) is 5.65 Å². The smallest absolute Gasteiger partial charge is 0.270 e. The number of nitrogens with one attached hydrogen (secondary N) is 1. The van der Waals surface area contributed by atoms with Crippen LogP contribution < -0.4 is 10.9 Å². The highest BCUT2D eigenvalue weighted by Crippen LogP contribution is 2.26. The maximum absolute atomic E-state index is 12.4. The van der Waals surface area contributed by atoms with Crippen LogP contribution in [0.2, 0.25) is 0 Å². The number of carbonyl (C=O) groups is 1. The number of fused-ring (bicyclic) bond motifs is 1. The molecule has 0 bridgehead atoms. The first-order valence-corrected chi connectivity index (χ1v) is 7.94. The summed E-state index contributed by atoms with van der Waals surface area (Å²) >= 11 is 0. The molecule has 0 aromatic carbocycles. The fourth-order valence-electron chi connectivity index (χ4n) is 3.22. The monoisotopic (exact) mass is 299 g/mol. The zero-order valence-corrected chi connectivity index (χ0v) is 12.8. The second-order valence-electron chi connectivity index (χ2n) is 6.07. The van der Waals surface area contributed by atoms with Crippen LogP contribution in [0.15, 0.2) is 35.4 Å². The van der Waals surface area contributed by atoms with Crippen LogP contribution in [-0.2, 0) is 0 Å². The summed E-state index contributed by atoms with van der Waals surface area (Å²) in [5, 5.41) is 2.98. The Hall–Kier alpha value is -2.17. The lowest BCUT2D eigenvalue weighted by atomic mass is 9.84. The average Bonchev–Trinajstić information content (AvgIpc) is 2.56. The third kappa shape index (κ3) is 2.89. The Labute approximate surface area is 129 Å². The number of nitrogens with zero attached hydrogens (tertiary/aromatic N) is 2. The third-order valence-electron chi connectivity index (χ3n) is 4.57. The van der Waals surface area contributed by atoms with Crippen molar-refractivity contribution in [3.8, 4) is 0 Å². The SMILES string of the molecule is C[C@H](NC(=O)c1cnc2ccccn2c1=O)C1CCCCC1. The lowest BCUT2D eigenvalue weighted by Gasteiger charge is -2.28. The molecule has 2 heterocycles. The molecular formula is C17H21N3O2. The van der Waals surface area contributed by atoms with Gasteiger partial charge in [-0.3, -0.25) is 14.0 Å². The van der Waals surface area contributed by atoms with Gasteiger partial charge in [0, 0.05) is 18.4 Å². The largest absolute Gasteiger partial charge is 0.349 e. The summed E-state index contributed by atoms with van der Waals surface area (Å²) in [5.41, 5.74) is 0.328. The number of hydrogen-bond donors (Lipinski definition) is 1. The molecule has 116 valence electrons. The molecular weight excluding hydrogens is 278 g/mol. The summed E-state index contributed by atoms with van der Waals surface area (Å²) in [5.74, 6) is 0.183. The number of rotatable bonds is 3. The molecule has 0 radical (unpaired) electrons. The van der Waals surface area contributed by atoms with E-state index in [0.717, 1.165) is 12.8 Å². The minimum atomic E-state index is -0.325. The molecule has 0 aliphatic heterocycles. The predicted molar refractivity (Wildman–Crippen MR) is 85.0 cm³/mol. The Morgan fingerprint density at radius 2 is 2.09 bits per heavy atom. The normalized spacial score (nSPS) is 17.3. The van der Waals surface area contributed by atoms with Gasteiger partial charge in [0.2, 0.25) is 0 Å². The summed E-state index contributed by atoms with van der Waals surface area (Å²) in [4.78, 5) is 29.0. The summed E-state index contributed by atoms with van der Waals surface area (Å²) < 4.78 is 1.40. The molecule has 3 rings (SSSR count). The number of amides is 1. The van der Waals surface area contributed by atoms with E-state index < -0.39 is 0 Å². The third-order valence-corrected chi connectivity index (χ3v) is 4.57. The van der Waals surface area contributed by atoms with Crippen molar-refractivity contribution in [2.75, 3.05) is 0 Å². The second kappa shape index (κ2) is 6.30. The van der Waals surface area contributed by atoms with E-state index in [-0.39, 0.29) is 23.1 Å². The van der Waals surface area contributed by atoms with E-state index in [2.05, 4.69) is 10.3 Å². The van der Waals surface area contributed by atoms with Crippen LogP contribution in [0.1, 0.15) is 49.4 Å². The molecule has 2 aromatic rings. The minimum absolute atomic E-state index is 0.0867. The molecule has 1 aliphatic carbocycles. The number of hydrogen-bond acceptors (Lipinski definition) is 3. The maximum Gasteiger partial charge on any atom is 0.270 e. The van der Waals surface area contributed by atoms with E-state index in [1.165, 1.54) is 29.9 Å². The van der Waals surface area contributed by atoms with Gasteiger partial charge < -0.3 is 5.32 Å². The molecule has 0 unspecified atom stereocenters. The molecule has 1 N–H and O–H groups in total. The molecule has 2 aromatic heterocycles. The highest BCUT2D eigenvalue weighted by Gasteiger charge is 2.23. The van der Waals surface area contributed by atoms with Crippen molar-refractivity contribution >= 4 is 11.6 Å². The topological polar surface area (TPSA) is 63.5 Å². The number of carbonyl (C=O) groups excluding carboxylic acids is 1. The molecule has 1 aliphatic rings. The van der Waals surface area contributed by atoms with E-state index >= 15 is 0 Å². The van der Waals surface area contributed by atoms with Crippen molar-refractivity contribution in [3.63, 3.8) is 0 Å². The van der Waals surface area contributed by atoms with Gasteiger partial charge in [0.15, 0.2) is 0 Å². The zero-order chi connectivity index (χ0) is 15.5. The standard InChI is InChI=1S/C17H21N3O2/c1-12(13-7-3-2-4-8-13)19-16(21)14-11-18-15-9-5-6-10-20(15)17(14)22/h5-6,9-13H,2-4,7-8H2,1H3,(H,19,21)/t12-/m0/s1. The summed E-state index contributed by atoms with van der Waals surface area (Å²) in [6.45, 7) is 2.03. The summed E-state index contributed by atoms with van der Waals surface area (Å²) in [7, 11) is 0. The van der Waals surface area contributed by atoms with Crippen molar-refractivity contribution in [1.82, 2.24) is 14.7 Å². The van der Waals surface area contributed by atoms with Crippen molar-refractivity contribution in [3.05, 3.63) is 46.5 Å². The number of pyridine rings is 1. The van der Waals surface area contributed by atoms with Gasteiger partial charge >= 0.3 is 0 Å². The highest BCUT2D eigenvalue weighted by atomic mass is 16.2. The molecule has 1 amide bonds. The Bertz CT molecular complexity index is 732. The number of aromatic nitrogens is 2.